The molecule has 0 radical (unpaired) electrons. The van der Waals surface area contributed by atoms with Crippen molar-refractivity contribution in [3.05, 3.63) is 57.7 Å². The molecule has 0 bridgehead atoms. The number of halogens is 2. The molecule has 170 valence electrons. The van der Waals surface area contributed by atoms with Crippen molar-refractivity contribution in [3.8, 4) is 5.88 Å². The third-order valence-corrected chi connectivity index (χ3v) is 5.93. The van der Waals surface area contributed by atoms with Crippen LogP contribution in [0.15, 0.2) is 36.5 Å². The monoisotopic (exact) mass is 479 g/mol. The van der Waals surface area contributed by atoms with E-state index in [9.17, 15) is 14.4 Å². The van der Waals surface area contributed by atoms with Crippen molar-refractivity contribution in [2.75, 3.05) is 13.1 Å². The van der Waals surface area contributed by atoms with Gasteiger partial charge in [-0.15, -0.1) is 0 Å². The Morgan fingerprint density at radius 1 is 0.938 bits per heavy atom. The number of hydrogen-bond donors (Lipinski definition) is 3. The van der Waals surface area contributed by atoms with E-state index in [2.05, 4.69) is 15.6 Å². The quantitative estimate of drug-likeness (QED) is 0.498. The molecule has 1 heterocycles. The summed E-state index contributed by atoms with van der Waals surface area (Å²) in [5.41, 5.74) is 0.740. The number of pyridine rings is 1. The fourth-order valence-corrected chi connectivity index (χ4v) is 3.67. The summed E-state index contributed by atoms with van der Waals surface area (Å²) in [5.74, 6) is -1.31. The average Bonchev–Trinajstić information content (AvgIpc) is 2.79. The van der Waals surface area contributed by atoms with Crippen molar-refractivity contribution in [1.82, 2.24) is 15.6 Å². The Labute approximate surface area is 195 Å². The van der Waals surface area contributed by atoms with Gasteiger partial charge in [0.1, 0.15) is 6.10 Å². The fourth-order valence-electron chi connectivity index (χ4n) is 3.38. The molecular weight excluding hydrogens is 457 g/mol. The van der Waals surface area contributed by atoms with Gasteiger partial charge in [-0.05, 0) is 49.9 Å². The van der Waals surface area contributed by atoms with Crippen molar-refractivity contribution >= 4 is 41.0 Å². The molecule has 0 unspecified atom stereocenters. The Balaban J connectivity index is 1.39. The Morgan fingerprint density at radius 2 is 1.56 bits per heavy atom. The van der Waals surface area contributed by atoms with Gasteiger partial charge in [0.2, 0.25) is 5.88 Å². The first-order chi connectivity index (χ1) is 15.3. The van der Waals surface area contributed by atoms with E-state index in [-0.39, 0.29) is 36.9 Å². The molecular formula is C22H23Cl2N3O5. The van der Waals surface area contributed by atoms with E-state index in [0.29, 0.717) is 52.7 Å². The molecule has 0 aliphatic heterocycles. The predicted octanol–water partition coefficient (Wildman–Crippen LogP) is 3.57. The molecule has 8 nitrogen and oxygen atoms in total. The van der Waals surface area contributed by atoms with Gasteiger partial charge >= 0.3 is 5.97 Å². The maximum Gasteiger partial charge on any atom is 0.306 e. The van der Waals surface area contributed by atoms with Crippen LogP contribution in [-0.2, 0) is 4.79 Å². The lowest BCUT2D eigenvalue weighted by Gasteiger charge is -2.26. The zero-order valence-electron chi connectivity index (χ0n) is 17.1. The van der Waals surface area contributed by atoms with Crippen molar-refractivity contribution in [1.29, 1.82) is 0 Å². The maximum atomic E-state index is 12.3. The highest BCUT2D eigenvalue weighted by Crippen LogP contribution is 2.27. The molecule has 1 fully saturated rings. The van der Waals surface area contributed by atoms with E-state index in [1.54, 1.807) is 24.3 Å². The minimum atomic E-state index is -0.758. The van der Waals surface area contributed by atoms with Gasteiger partial charge in [-0.2, -0.15) is 0 Å². The number of carbonyl (C=O) groups excluding carboxylic acids is 2. The van der Waals surface area contributed by atoms with Crippen molar-refractivity contribution in [3.63, 3.8) is 0 Å². The van der Waals surface area contributed by atoms with E-state index < -0.39 is 5.97 Å². The van der Waals surface area contributed by atoms with Crippen LogP contribution in [0.1, 0.15) is 46.4 Å². The Hall–Kier alpha value is -2.84. The Morgan fingerprint density at radius 3 is 2.12 bits per heavy atom. The molecule has 1 saturated carbocycles. The smallest absolute Gasteiger partial charge is 0.306 e. The standard InChI is InChI=1S/C22H23Cl2N3O5/c23-17-7-3-14(11-18(17)24)20(28)25-9-10-26-21(29)15-4-8-19(27-12-15)32-16-5-1-13(2-6-16)22(30)31/h3-4,7-8,11-13,16H,1-2,5-6,9-10H2,(H,25,28)(H,26,29)(H,30,31). The summed E-state index contributed by atoms with van der Waals surface area (Å²) in [6.07, 6.45) is 3.84. The molecule has 0 spiro atoms. The zero-order chi connectivity index (χ0) is 23.1. The van der Waals surface area contributed by atoms with Gasteiger partial charge in [0, 0.05) is 30.9 Å². The van der Waals surface area contributed by atoms with Crippen LogP contribution < -0.4 is 15.4 Å². The summed E-state index contributed by atoms with van der Waals surface area (Å²) in [6, 6.07) is 7.81. The Kier molecular flexibility index (Phi) is 8.30. The second-order valence-electron chi connectivity index (χ2n) is 7.46. The molecule has 0 atom stereocenters. The van der Waals surface area contributed by atoms with Crippen molar-refractivity contribution in [2.24, 2.45) is 5.92 Å². The largest absolute Gasteiger partial charge is 0.481 e. The summed E-state index contributed by atoms with van der Waals surface area (Å²) < 4.78 is 5.80. The minimum Gasteiger partial charge on any atom is -0.481 e. The zero-order valence-corrected chi connectivity index (χ0v) is 18.7. The van der Waals surface area contributed by atoms with Gasteiger partial charge in [-0.1, -0.05) is 23.2 Å². The third kappa shape index (κ3) is 6.58. The van der Waals surface area contributed by atoms with E-state index in [1.807, 2.05) is 0 Å². The normalized spacial score (nSPS) is 17.9. The number of nitrogens with one attached hydrogen (secondary N) is 2. The second-order valence-corrected chi connectivity index (χ2v) is 8.27. The molecule has 10 heteroatoms. The topological polar surface area (TPSA) is 118 Å². The second kappa shape index (κ2) is 11.2. The summed E-state index contributed by atoms with van der Waals surface area (Å²) in [4.78, 5) is 39.5. The van der Waals surface area contributed by atoms with Crippen LogP contribution in [0.5, 0.6) is 5.88 Å². The highest BCUT2D eigenvalue weighted by Gasteiger charge is 2.27. The summed E-state index contributed by atoms with van der Waals surface area (Å²) in [7, 11) is 0. The molecule has 1 aliphatic carbocycles. The molecule has 1 aromatic heterocycles. The molecule has 2 amide bonds. The van der Waals surface area contributed by atoms with Crippen LogP contribution in [0.4, 0.5) is 0 Å². The number of carboxylic acid groups (broad SMARTS) is 1. The van der Waals surface area contributed by atoms with Crippen LogP contribution in [0.25, 0.3) is 0 Å². The van der Waals surface area contributed by atoms with E-state index in [4.69, 9.17) is 33.0 Å². The van der Waals surface area contributed by atoms with Crippen LogP contribution >= 0.6 is 23.2 Å². The Bertz CT molecular complexity index is 976. The number of carboxylic acids is 1. The first-order valence-electron chi connectivity index (χ1n) is 10.2. The number of benzene rings is 1. The number of nitrogens with zero attached hydrogens (tertiary/aromatic N) is 1. The van der Waals surface area contributed by atoms with Gasteiger partial charge in [0.25, 0.3) is 11.8 Å². The lowest BCUT2D eigenvalue weighted by Crippen LogP contribution is -2.34. The SMILES string of the molecule is O=C(NCCNC(=O)c1ccc(Cl)c(Cl)c1)c1ccc(OC2CCC(C(=O)O)CC2)nc1. The highest BCUT2D eigenvalue weighted by atomic mass is 35.5. The van der Waals surface area contributed by atoms with Gasteiger partial charge < -0.3 is 20.5 Å². The molecule has 3 rings (SSSR count). The van der Waals surface area contributed by atoms with Gasteiger partial charge in [0.15, 0.2) is 0 Å². The van der Waals surface area contributed by atoms with Crippen molar-refractivity contribution < 1.29 is 24.2 Å². The number of rotatable bonds is 8. The molecule has 3 N–H and O–H groups in total. The summed E-state index contributed by atoms with van der Waals surface area (Å²) >= 11 is 11.7. The number of carbonyl (C=O) groups is 3. The first-order valence-corrected chi connectivity index (χ1v) is 11.0. The molecule has 32 heavy (non-hydrogen) atoms. The maximum absolute atomic E-state index is 12.3. The van der Waals surface area contributed by atoms with Gasteiger partial charge in [-0.3, -0.25) is 14.4 Å². The summed E-state index contributed by atoms with van der Waals surface area (Å²) in [6.45, 7) is 0.468. The predicted molar refractivity (Wildman–Crippen MR) is 119 cm³/mol. The molecule has 1 aromatic carbocycles. The lowest BCUT2D eigenvalue weighted by molar-refractivity contribution is -0.143. The average molecular weight is 480 g/mol. The fraction of sp³-hybridized carbons (Fsp3) is 0.364. The van der Waals surface area contributed by atoms with Crippen LogP contribution in [0.3, 0.4) is 0 Å². The van der Waals surface area contributed by atoms with E-state index >= 15 is 0 Å². The van der Waals surface area contributed by atoms with Gasteiger partial charge in [0.05, 0.1) is 21.5 Å². The number of aromatic nitrogens is 1. The lowest BCUT2D eigenvalue weighted by atomic mass is 9.87. The van der Waals surface area contributed by atoms with Crippen LogP contribution in [0, 0.1) is 5.92 Å². The van der Waals surface area contributed by atoms with Crippen LogP contribution in [0.2, 0.25) is 10.0 Å². The van der Waals surface area contributed by atoms with E-state index in [1.165, 1.54) is 12.3 Å². The molecule has 0 saturated heterocycles. The molecule has 2 aromatic rings. The number of hydrogen-bond acceptors (Lipinski definition) is 5. The number of ether oxygens (including phenoxy) is 1. The highest BCUT2D eigenvalue weighted by molar-refractivity contribution is 6.42. The number of amides is 2. The van der Waals surface area contributed by atoms with E-state index in [0.717, 1.165) is 0 Å². The summed E-state index contributed by atoms with van der Waals surface area (Å²) in [5, 5.41) is 15.1. The van der Waals surface area contributed by atoms with Crippen molar-refractivity contribution in [2.45, 2.75) is 31.8 Å². The first kappa shape index (κ1) is 23.8. The third-order valence-electron chi connectivity index (χ3n) is 5.19. The molecule has 1 aliphatic rings. The van der Waals surface area contributed by atoms with Crippen LogP contribution in [-0.4, -0.2) is 47.1 Å². The minimum absolute atomic E-state index is 0.0723. The van der Waals surface area contributed by atoms with Gasteiger partial charge in [-0.25, -0.2) is 4.98 Å². The number of aliphatic carboxylic acids is 1.